The van der Waals surface area contributed by atoms with Crippen LogP contribution >= 0.6 is 22.7 Å². The van der Waals surface area contributed by atoms with E-state index in [4.69, 9.17) is 5.73 Å². The maximum absolute atomic E-state index is 13.8. The zero-order valence-electron chi connectivity index (χ0n) is 11.3. The SMILES string of the molecule is CN(Cc1cccs1)C(=O)c1sc2cccc(F)c2c1N. The fourth-order valence-electron chi connectivity index (χ4n) is 2.17. The lowest BCUT2D eigenvalue weighted by atomic mass is 10.2. The third-order valence-corrected chi connectivity index (χ3v) is 5.24. The van der Waals surface area contributed by atoms with Crippen molar-refractivity contribution >= 4 is 44.4 Å². The van der Waals surface area contributed by atoms with Crippen LogP contribution in [-0.2, 0) is 6.54 Å². The van der Waals surface area contributed by atoms with Crippen molar-refractivity contribution in [2.24, 2.45) is 0 Å². The average molecular weight is 320 g/mol. The second kappa shape index (κ2) is 5.46. The number of thiophene rings is 2. The third-order valence-electron chi connectivity index (χ3n) is 3.22. The van der Waals surface area contributed by atoms with E-state index < -0.39 is 0 Å². The number of carbonyl (C=O) groups is 1. The Morgan fingerprint density at radius 3 is 2.81 bits per heavy atom. The maximum Gasteiger partial charge on any atom is 0.266 e. The molecule has 0 fully saturated rings. The van der Waals surface area contributed by atoms with Crippen molar-refractivity contribution in [3.05, 3.63) is 51.3 Å². The molecule has 0 aliphatic carbocycles. The molecule has 1 aromatic carbocycles. The Hall–Kier alpha value is -1.92. The van der Waals surface area contributed by atoms with Crippen LogP contribution < -0.4 is 5.73 Å². The molecule has 6 heteroatoms. The molecule has 0 radical (unpaired) electrons. The lowest BCUT2D eigenvalue weighted by Gasteiger charge is -2.15. The zero-order valence-corrected chi connectivity index (χ0v) is 12.9. The Bertz CT molecular complexity index is 795. The number of fused-ring (bicyclic) bond motifs is 1. The van der Waals surface area contributed by atoms with Crippen LogP contribution in [0.1, 0.15) is 14.5 Å². The van der Waals surface area contributed by atoms with Gasteiger partial charge in [0.05, 0.1) is 17.6 Å². The van der Waals surface area contributed by atoms with Crippen LogP contribution in [0.5, 0.6) is 0 Å². The Morgan fingerprint density at radius 1 is 1.33 bits per heavy atom. The van der Waals surface area contributed by atoms with Crippen molar-refractivity contribution in [2.75, 3.05) is 12.8 Å². The van der Waals surface area contributed by atoms with Gasteiger partial charge >= 0.3 is 0 Å². The largest absolute Gasteiger partial charge is 0.397 e. The van der Waals surface area contributed by atoms with Gasteiger partial charge in [0.15, 0.2) is 0 Å². The first-order valence-electron chi connectivity index (χ1n) is 6.32. The minimum atomic E-state index is -0.388. The molecule has 3 nitrogen and oxygen atoms in total. The number of carbonyl (C=O) groups excluding carboxylic acids is 1. The number of nitrogens with two attached hydrogens (primary N) is 1. The topological polar surface area (TPSA) is 46.3 Å². The van der Waals surface area contributed by atoms with Crippen LogP contribution in [0.15, 0.2) is 35.7 Å². The Morgan fingerprint density at radius 2 is 2.14 bits per heavy atom. The molecule has 0 spiro atoms. The molecule has 0 saturated heterocycles. The van der Waals surface area contributed by atoms with Gasteiger partial charge in [0, 0.05) is 16.6 Å². The quantitative estimate of drug-likeness (QED) is 0.794. The lowest BCUT2D eigenvalue weighted by molar-refractivity contribution is 0.0792. The zero-order chi connectivity index (χ0) is 15.0. The number of benzene rings is 1. The first kappa shape index (κ1) is 14.0. The van der Waals surface area contributed by atoms with Gasteiger partial charge in [-0.2, -0.15) is 0 Å². The van der Waals surface area contributed by atoms with Crippen molar-refractivity contribution in [3.63, 3.8) is 0 Å². The predicted molar refractivity (Wildman–Crippen MR) is 86.3 cm³/mol. The number of rotatable bonds is 3. The van der Waals surface area contributed by atoms with Crippen molar-refractivity contribution in [3.8, 4) is 0 Å². The smallest absolute Gasteiger partial charge is 0.266 e. The number of amides is 1. The number of nitrogens with zero attached hydrogens (tertiary/aromatic N) is 1. The van der Waals surface area contributed by atoms with Gasteiger partial charge in [0.1, 0.15) is 10.7 Å². The second-order valence-electron chi connectivity index (χ2n) is 4.70. The molecule has 2 aromatic heterocycles. The highest BCUT2D eigenvalue weighted by molar-refractivity contribution is 7.21. The molecule has 2 N–H and O–H groups in total. The maximum atomic E-state index is 13.8. The predicted octanol–water partition coefficient (Wildman–Crippen LogP) is 3.96. The van der Waals surface area contributed by atoms with Gasteiger partial charge in [-0.3, -0.25) is 4.79 Å². The van der Waals surface area contributed by atoms with Crippen molar-refractivity contribution in [1.82, 2.24) is 4.90 Å². The van der Waals surface area contributed by atoms with Crippen LogP contribution in [-0.4, -0.2) is 17.9 Å². The molecule has 0 aliphatic heterocycles. The fourth-order valence-corrected chi connectivity index (χ4v) is 4.06. The van der Waals surface area contributed by atoms with E-state index in [1.54, 1.807) is 35.4 Å². The van der Waals surface area contributed by atoms with Crippen LogP contribution in [0.3, 0.4) is 0 Å². The number of anilines is 1. The molecule has 0 unspecified atom stereocenters. The highest BCUT2D eigenvalue weighted by Gasteiger charge is 2.21. The van der Waals surface area contributed by atoms with E-state index in [-0.39, 0.29) is 17.4 Å². The van der Waals surface area contributed by atoms with Crippen molar-refractivity contribution in [1.29, 1.82) is 0 Å². The van der Waals surface area contributed by atoms with E-state index in [1.807, 2.05) is 17.5 Å². The number of hydrogen-bond donors (Lipinski definition) is 1. The summed E-state index contributed by atoms with van der Waals surface area (Å²) in [5, 5.41) is 2.31. The van der Waals surface area contributed by atoms with Gasteiger partial charge < -0.3 is 10.6 Å². The molecule has 0 aliphatic rings. The Labute approximate surface area is 129 Å². The van der Waals surface area contributed by atoms with Crippen LogP contribution in [0.4, 0.5) is 10.1 Å². The van der Waals surface area contributed by atoms with E-state index in [0.29, 0.717) is 21.5 Å². The summed E-state index contributed by atoms with van der Waals surface area (Å²) in [6, 6.07) is 8.67. The molecular formula is C15H13FN2OS2. The van der Waals surface area contributed by atoms with Gasteiger partial charge in [-0.1, -0.05) is 12.1 Å². The third kappa shape index (κ3) is 2.52. The van der Waals surface area contributed by atoms with Gasteiger partial charge in [0.25, 0.3) is 5.91 Å². The van der Waals surface area contributed by atoms with E-state index in [1.165, 1.54) is 17.4 Å². The number of halogens is 1. The molecule has 0 atom stereocenters. The van der Waals surface area contributed by atoms with Crippen LogP contribution in [0, 0.1) is 5.82 Å². The van der Waals surface area contributed by atoms with Crippen LogP contribution in [0.2, 0.25) is 0 Å². The van der Waals surface area contributed by atoms with Crippen molar-refractivity contribution in [2.45, 2.75) is 6.54 Å². The van der Waals surface area contributed by atoms with Gasteiger partial charge in [-0.05, 0) is 23.6 Å². The summed E-state index contributed by atoms with van der Waals surface area (Å²) in [6.07, 6.45) is 0. The molecule has 3 aromatic rings. The molecular weight excluding hydrogens is 307 g/mol. The summed E-state index contributed by atoms with van der Waals surface area (Å²) in [4.78, 5) is 15.6. The average Bonchev–Trinajstić information content (AvgIpc) is 3.07. The lowest BCUT2D eigenvalue weighted by Crippen LogP contribution is -2.25. The highest BCUT2D eigenvalue weighted by atomic mass is 32.1. The minimum Gasteiger partial charge on any atom is -0.397 e. The van der Waals surface area contributed by atoms with Gasteiger partial charge in [-0.25, -0.2) is 4.39 Å². The minimum absolute atomic E-state index is 0.179. The summed E-state index contributed by atoms with van der Waals surface area (Å²) >= 11 is 2.83. The van der Waals surface area contributed by atoms with Gasteiger partial charge in [0.2, 0.25) is 0 Å². The molecule has 2 heterocycles. The normalized spacial score (nSPS) is 11.0. The standard InChI is InChI=1S/C15H13FN2OS2/c1-18(8-9-4-3-7-20-9)15(19)14-13(17)12-10(16)5-2-6-11(12)21-14/h2-7H,8,17H2,1H3. The van der Waals surface area contributed by atoms with E-state index in [2.05, 4.69) is 0 Å². The summed E-state index contributed by atoms with van der Waals surface area (Å²) in [6.45, 7) is 0.521. The first-order valence-corrected chi connectivity index (χ1v) is 8.02. The van der Waals surface area contributed by atoms with Crippen LogP contribution in [0.25, 0.3) is 10.1 Å². The van der Waals surface area contributed by atoms with E-state index >= 15 is 0 Å². The second-order valence-corrected chi connectivity index (χ2v) is 6.78. The number of hydrogen-bond acceptors (Lipinski definition) is 4. The molecule has 108 valence electrons. The van der Waals surface area contributed by atoms with Crippen molar-refractivity contribution < 1.29 is 9.18 Å². The molecule has 1 amide bonds. The monoisotopic (exact) mass is 320 g/mol. The molecule has 0 bridgehead atoms. The Balaban J connectivity index is 1.94. The molecule has 0 saturated carbocycles. The first-order chi connectivity index (χ1) is 10.1. The van der Waals surface area contributed by atoms with E-state index in [9.17, 15) is 9.18 Å². The molecule has 3 rings (SSSR count). The Kier molecular flexibility index (Phi) is 3.65. The fraction of sp³-hybridized carbons (Fsp3) is 0.133. The summed E-state index contributed by atoms with van der Waals surface area (Å²) in [5.41, 5.74) is 6.21. The van der Waals surface area contributed by atoms with Gasteiger partial charge in [-0.15, -0.1) is 22.7 Å². The summed E-state index contributed by atoms with van der Waals surface area (Å²) in [7, 11) is 1.72. The number of nitrogen functional groups attached to an aromatic ring is 1. The van der Waals surface area contributed by atoms with E-state index in [0.717, 1.165) is 4.88 Å². The summed E-state index contributed by atoms with van der Waals surface area (Å²) in [5.74, 6) is -0.567. The highest BCUT2D eigenvalue weighted by Crippen LogP contribution is 2.36. The molecule has 21 heavy (non-hydrogen) atoms. The summed E-state index contributed by atoms with van der Waals surface area (Å²) < 4.78 is 14.5.